The first kappa shape index (κ1) is 26.4. The van der Waals surface area contributed by atoms with Crippen LogP contribution in [0.2, 0.25) is 5.02 Å². The zero-order chi connectivity index (χ0) is 26.3. The molecule has 4 aromatic rings. The van der Waals surface area contributed by atoms with E-state index < -0.39 is 10.0 Å². The highest BCUT2D eigenvalue weighted by molar-refractivity contribution is 7.89. The minimum absolute atomic E-state index is 0.128. The molecule has 0 aliphatic carbocycles. The van der Waals surface area contributed by atoms with Gasteiger partial charge in [-0.25, -0.2) is 8.42 Å². The maximum absolute atomic E-state index is 13.6. The van der Waals surface area contributed by atoms with Crippen LogP contribution in [-0.4, -0.2) is 25.7 Å². The number of halogens is 1. The first-order chi connectivity index (χ1) is 17.8. The molecular formula is C29H27ClN2O4S. The fraction of sp³-hybridized carbons (Fsp3) is 0.138. The highest BCUT2D eigenvalue weighted by Gasteiger charge is 2.25. The Morgan fingerprint density at radius 3 is 1.92 bits per heavy atom. The number of benzene rings is 4. The Morgan fingerprint density at radius 1 is 0.784 bits per heavy atom. The third-order valence-electron chi connectivity index (χ3n) is 5.84. The van der Waals surface area contributed by atoms with Gasteiger partial charge in [0.1, 0.15) is 5.75 Å². The molecule has 0 saturated heterocycles. The van der Waals surface area contributed by atoms with Crippen LogP contribution in [-0.2, 0) is 29.7 Å². The Balaban J connectivity index is 1.52. The van der Waals surface area contributed by atoms with Crippen molar-refractivity contribution in [2.24, 2.45) is 0 Å². The number of nitrogens with one attached hydrogen (secondary N) is 1. The Kier molecular flexibility index (Phi) is 8.61. The number of sulfonamides is 1. The molecule has 0 bridgehead atoms. The van der Waals surface area contributed by atoms with E-state index >= 15 is 0 Å². The first-order valence-corrected chi connectivity index (χ1v) is 13.5. The molecule has 0 heterocycles. The van der Waals surface area contributed by atoms with Crippen molar-refractivity contribution >= 4 is 27.5 Å². The second kappa shape index (κ2) is 12.1. The molecule has 0 aromatic heterocycles. The molecule has 190 valence electrons. The lowest BCUT2D eigenvalue weighted by Gasteiger charge is -2.23. The summed E-state index contributed by atoms with van der Waals surface area (Å²) in [4.78, 5) is 12.7. The average Bonchev–Trinajstić information content (AvgIpc) is 2.93. The van der Waals surface area contributed by atoms with Gasteiger partial charge in [0.2, 0.25) is 10.0 Å². The van der Waals surface area contributed by atoms with Gasteiger partial charge in [-0.15, -0.1) is 0 Å². The minimum atomic E-state index is -3.83. The van der Waals surface area contributed by atoms with Crippen molar-refractivity contribution in [3.8, 4) is 5.75 Å². The van der Waals surface area contributed by atoms with Crippen molar-refractivity contribution in [1.29, 1.82) is 0 Å². The fourth-order valence-corrected chi connectivity index (χ4v) is 5.30. The minimum Gasteiger partial charge on any atom is -0.497 e. The van der Waals surface area contributed by atoms with Crippen molar-refractivity contribution in [2.75, 3.05) is 7.11 Å². The fourth-order valence-electron chi connectivity index (χ4n) is 3.76. The van der Waals surface area contributed by atoms with Crippen LogP contribution in [0.15, 0.2) is 108 Å². The summed E-state index contributed by atoms with van der Waals surface area (Å²) < 4.78 is 33.7. The molecule has 0 atom stereocenters. The monoisotopic (exact) mass is 534 g/mol. The number of hydrogen-bond acceptors (Lipinski definition) is 4. The molecule has 37 heavy (non-hydrogen) atoms. The molecule has 0 aliphatic heterocycles. The van der Waals surface area contributed by atoms with Crippen LogP contribution in [0.25, 0.3) is 0 Å². The molecule has 0 unspecified atom stereocenters. The van der Waals surface area contributed by atoms with Gasteiger partial charge < -0.3 is 10.1 Å². The largest absolute Gasteiger partial charge is 0.497 e. The van der Waals surface area contributed by atoms with Crippen LogP contribution in [0.3, 0.4) is 0 Å². The number of methoxy groups -OCH3 is 1. The van der Waals surface area contributed by atoms with Crippen molar-refractivity contribution in [3.05, 3.63) is 130 Å². The predicted molar refractivity (Wildman–Crippen MR) is 145 cm³/mol. The molecule has 0 fully saturated rings. The maximum Gasteiger partial charge on any atom is 0.251 e. The standard InChI is InChI=1S/C29H27ClN2O4S/c1-36-27-15-9-24(10-16-27)21-32(37(34,35)28-17-13-26(30)14-18-28)20-23-7-11-25(12-8-23)29(33)31-19-22-5-3-2-4-6-22/h2-18H,19-21H2,1H3,(H,31,33). The van der Waals surface area contributed by atoms with E-state index in [1.165, 1.54) is 16.4 Å². The lowest BCUT2D eigenvalue weighted by atomic mass is 10.1. The Morgan fingerprint density at radius 2 is 1.35 bits per heavy atom. The topological polar surface area (TPSA) is 75.7 Å². The van der Waals surface area contributed by atoms with Crippen LogP contribution < -0.4 is 10.1 Å². The van der Waals surface area contributed by atoms with E-state index in [4.69, 9.17) is 16.3 Å². The third-order valence-corrected chi connectivity index (χ3v) is 7.90. The second-order valence-electron chi connectivity index (χ2n) is 8.44. The summed E-state index contributed by atoms with van der Waals surface area (Å²) in [5.74, 6) is 0.497. The zero-order valence-electron chi connectivity index (χ0n) is 20.3. The second-order valence-corrected chi connectivity index (χ2v) is 10.8. The molecule has 1 N–H and O–H groups in total. The van der Waals surface area contributed by atoms with Gasteiger partial charge in [-0.1, -0.05) is 66.2 Å². The van der Waals surface area contributed by atoms with Gasteiger partial charge in [0.25, 0.3) is 5.91 Å². The zero-order valence-corrected chi connectivity index (χ0v) is 21.9. The molecule has 0 radical (unpaired) electrons. The van der Waals surface area contributed by atoms with E-state index in [9.17, 15) is 13.2 Å². The van der Waals surface area contributed by atoms with Gasteiger partial charge in [-0.3, -0.25) is 4.79 Å². The summed E-state index contributed by atoms with van der Waals surface area (Å²) in [5, 5.41) is 3.36. The molecule has 0 spiro atoms. The number of hydrogen-bond donors (Lipinski definition) is 1. The van der Waals surface area contributed by atoms with E-state index in [1.807, 2.05) is 42.5 Å². The number of carbonyl (C=O) groups is 1. The summed E-state index contributed by atoms with van der Waals surface area (Å²) in [7, 11) is -2.25. The van der Waals surface area contributed by atoms with Crippen LogP contribution in [0.5, 0.6) is 5.75 Å². The number of nitrogens with zero attached hydrogens (tertiary/aromatic N) is 1. The van der Waals surface area contributed by atoms with Gasteiger partial charge >= 0.3 is 0 Å². The number of rotatable bonds is 10. The average molecular weight is 535 g/mol. The van der Waals surface area contributed by atoms with Gasteiger partial charge in [0.15, 0.2) is 0 Å². The molecule has 1 amide bonds. The normalized spacial score (nSPS) is 11.3. The number of amides is 1. The molecule has 8 heteroatoms. The smallest absolute Gasteiger partial charge is 0.251 e. The van der Waals surface area contributed by atoms with E-state index in [0.717, 1.165) is 16.7 Å². The van der Waals surface area contributed by atoms with Gasteiger partial charge in [0, 0.05) is 30.2 Å². The Hall–Kier alpha value is -3.65. The highest BCUT2D eigenvalue weighted by atomic mass is 35.5. The molecule has 6 nitrogen and oxygen atoms in total. The van der Waals surface area contributed by atoms with Crippen molar-refractivity contribution in [2.45, 2.75) is 24.5 Å². The molecule has 4 aromatic carbocycles. The van der Waals surface area contributed by atoms with Crippen molar-refractivity contribution in [3.63, 3.8) is 0 Å². The van der Waals surface area contributed by atoms with Crippen LogP contribution in [0.4, 0.5) is 0 Å². The van der Waals surface area contributed by atoms with E-state index in [0.29, 0.717) is 22.9 Å². The highest BCUT2D eigenvalue weighted by Crippen LogP contribution is 2.24. The molecule has 4 rings (SSSR count). The number of carbonyl (C=O) groups excluding carboxylic acids is 1. The molecular weight excluding hydrogens is 508 g/mol. The van der Waals surface area contributed by atoms with Gasteiger partial charge in [-0.05, 0) is 65.2 Å². The summed E-state index contributed by atoms with van der Waals surface area (Å²) in [5.41, 5.74) is 3.08. The van der Waals surface area contributed by atoms with Crippen LogP contribution in [0.1, 0.15) is 27.0 Å². The molecule has 0 aliphatic rings. The summed E-state index contributed by atoms with van der Waals surface area (Å²) >= 11 is 5.97. The van der Waals surface area contributed by atoms with Crippen LogP contribution in [0, 0.1) is 0 Å². The third kappa shape index (κ3) is 6.98. The quantitative estimate of drug-likeness (QED) is 0.284. The van der Waals surface area contributed by atoms with E-state index in [2.05, 4.69) is 5.32 Å². The summed E-state index contributed by atoms with van der Waals surface area (Å²) in [6.07, 6.45) is 0. The Labute approximate surface area is 222 Å². The lowest BCUT2D eigenvalue weighted by molar-refractivity contribution is 0.0951. The van der Waals surface area contributed by atoms with Crippen molar-refractivity contribution in [1.82, 2.24) is 9.62 Å². The van der Waals surface area contributed by atoms with Crippen molar-refractivity contribution < 1.29 is 17.9 Å². The molecule has 0 saturated carbocycles. The van der Waals surface area contributed by atoms with Gasteiger partial charge in [-0.2, -0.15) is 4.31 Å². The predicted octanol–water partition coefficient (Wildman–Crippen LogP) is 5.67. The maximum atomic E-state index is 13.6. The van der Waals surface area contributed by atoms with Crippen LogP contribution >= 0.6 is 11.6 Å². The summed E-state index contributed by atoms with van der Waals surface area (Å²) in [6.45, 7) is 0.716. The van der Waals surface area contributed by atoms with E-state index in [1.54, 1.807) is 55.6 Å². The lowest BCUT2D eigenvalue weighted by Crippen LogP contribution is -2.30. The van der Waals surface area contributed by atoms with E-state index in [-0.39, 0.29) is 23.9 Å². The Bertz CT molecular complexity index is 1420. The van der Waals surface area contributed by atoms with Gasteiger partial charge in [0.05, 0.1) is 12.0 Å². The SMILES string of the molecule is COc1ccc(CN(Cc2ccc(C(=O)NCc3ccccc3)cc2)S(=O)(=O)c2ccc(Cl)cc2)cc1. The number of ether oxygens (including phenoxy) is 1. The summed E-state index contributed by atoms with van der Waals surface area (Å²) in [6, 6.07) is 30.0. The first-order valence-electron chi connectivity index (χ1n) is 11.6.